The van der Waals surface area contributed by atoms with Crippen molar-refractivity contribution in [1.29, 1.82) is 0 Å². The normalized spacial score (nSPS) is 11.4. The molecule has 0 saturated carbocycles. The van der Waals surface area contributed by atoms with Crippen molar-refractivity contribution in [2.45, 2.75) is 26.9 Å². The third kappa shape index (κ3) is 3.93. The van der Waals surface area contributed by atoms with E-state index in [-0.39, 0.29) is 11.3 Å². The van der Waals surface area contributed by atoms with Crippen LogP contribution in [0.2, 0.25) is 0 Å². The summed E-state index contributed by atoms with van der Waals surface area (Å²) in [5.74, 6) is 0. The van der Waals surface area contributed by atoms with Crippen LogP contribution in [0.1, 0.15) is 27.9 Å². The predicted octanol–water partition coefficient (Wildman–Crippen LogP) is 6.78. The molecule has 0 unspecified atom stereocenters. The maximum atomic E-state index is 13.4. The molecule has 0 bridgehead atoms. The number of nitrogens with one attached hydrogen (secondary N) is 1. The molecule has 0 aliphatic carbocycles. The fourth-order valence-corrected chi connectivity index (χ4v) is 3.10. The second-order valence-electron chi connectivity index (χ2n) is 6.73. The lowest BCUT2D eigenvalue weighted by Gasteiger charge is -2.18. The zero-order valence-corrected chi connectivity index (χ0v) is 16.0. The number of aromatic nitrogens is 1. The van der Waals surface area contributed by atoms with Crippen molar-refractivity contribution in [2.75, 3.05) is 5.32 Å². The summed E-state index contributed by atoms with van der Waals surface area (Å²) in [6, 6.07) is 14.9. The molecule has 5 heteroatoms. The van der Waals surface area contributed by atoms with Crippen LogP contribution in [0.25, 0.3) is 17.0 Å². The Bertz CT molecular complexity index is 1040. The first-order valence-corrected chi connectivity index (χ1v) is 8.85. The first-order valence-electron chi connectivity index (χ1n) is 8.85. The lowest BCUT2D eigenvalue weighted by Crippen LogP contribution is -2.08. The van der Waals surface area contributed by atoms with Crippen molar-refractivity contribution in [3.8, 4) is 11.3 Å². The van der Waals surface area contributed by atoms with Gasteiger partial charge in [0, 0.05) is 28.2 Å². The highest BCUT2D eigenvalue weighted by Crippen LogP contribution is 2.38. The van der Waals surface area contributed by atoms with Crippen LogP contribution in [0, 0.1) is 20.8 Å². The zero-order valence-electron chi connectivity index (χ0n) is 16.0. The highest BCUT2D eigenvalue weighted by Gasteiger charge is 2.33. The van der Waals surface area contributed by atoms with Gasteiger partial charge in [-0.15, -0.1) is 0 Å². The fourth-order valence-electron chi connectivity index (χ4n) is 3.10. The van der Waals surface area contributed by atoms with E-state index < -0.39 is 11.7 Å². The number of halogens is 3. The molecule has 28 heavy (non-hydrogen) atoms. The van der Waals surface area contributed by atoms with Crippen LogP contribution in [0.15, 0.2) is 61.2 Å². The number of pyridine rings is 1. The summed E-state index contributed by atoms with van der Waals surface area (Å²) < 4.78 is 40.3. The summed E-state index contributed by atoms with van der Waals surface area (Å²) in [6.07, 6.45) is -4.45. The Morgan fingerprint density at radius 1 is 0.964 bits per heavy atom. The molecule has 2 nitrogen and oxygen atoms in total. The molecule has 1 aromatic heterocycles. The number of alkyl halides is 3. The summed E-state index contributed by atoms with van der Waals surface area (Å²) in [4.78, 5) is 4.41. The summed E-state index contributed by atoms with van der Waals surface area (Å²) >= 11 is 0. The molecule has 0 radical (unpaired) electrons. The number of rotatable bonds is 4. The Kier molecular flexibility index (Phi) is 5.27. The highest BCUT2D eigenvalue weighted by atomic mass is 19.4. The van der Waals surface area contributed by atoms with Gasteiger partial charge in [0.05, 0.1) is 11.3 Å². The Balaban J connectivity index is 2.06. The molecule has 0 spiro atoms. The van der Waals surface area contributed by atoms with E-state index >= 15 is 0 Å². The third-order valence-corrected chi connectivity index (χ3v) is 4.78. The lowest BCUT2D eigenvalue weighted by atomic mass is 10.0. The van der Waals surface area contributed by atoms with Crippen LogP contribution < -0.4 is 5.32 Å². The van der Waals surface area contributed by atoms with E-state index in [1.165, 1.54) is 12.1 Å². The van der Waals surface area contributed by atoms with Crippen molar-refractivity contribution < 1.29 is 13.2 Å². The van der Waals surface area contributed by atoms with Crippen molar-refractivity contribution in [1.82, 2.24) is 4.98 Å². The van der Waals surface area contributed by atoms with Crippen LogP contribution in [0.3, 0.4) is 0 Å². The molecule has 0 fully saturated rings. The Morgan fingerprint density at radius 2 is 1.61 bits per heavy atom. The first-order chi connectivity index (χ1) is 13.2. The molecule has 1 heterocycles. The lowest BCUT2D eigenvalue weighted by molar-refractivity contribution is -0.137. The zero-order chi connectivity index (χ0) is 20.5. The van der Waals surface area contributed by atoms with Crippen LogP contribution in [0.5, 0.6) is 0 Å². The molecule has 0 amide bonds. The molecule has 0 saturated heterocycles. The smallest absolute Gasteiger partial charge is 0.355 e. The summed E-state index contributed by atoms with van der Waals surface area (Å²) in [5, 5.41) is 3.26. The maximum Gasteiger partial charge on any atom is 0.417 e. The average Bonchev–Trinajstić information content (AvgIpc) is 2.65. The van der Waals surface area contributed by atoms with E-state index in [0.717, 1.165) is 22.8 Å². The van der Waals surface area contributed by atoms with E-state index in [1.807, 2.05) is 38.1 Å². The van der Waals surface area contributed by atoms with Crippen molar-refractivity contribution in [3.05, 3.63) is 89.1 Å². The summed E-state index contributed by atoms with van der Waals surface area (Å²) in [7, 11) is 0. The predicted molar refractivity (Wildman–Crippen MR) is 108 cm³/mol. The second kappa shape index (κ2) is 7.50. The molecule has 1 N–H and O–H groups in total. The minimum Gasteiger partial charge on any atom is -0.355 e. The monoisotopic (exact) mass is 382 g/mol. The van der Waals surface area contributed by atoms with Gasteiger partial charge in [-0.1, -0.05) is 49.0 Å². The standard InChI is InChI=1S/C23H21F3N2/c1-14-9-5-6-10-18(14)17(4)28-21-13-22(27-16(3)15(21)2)19-11-7-8-12-20(19)23(24,25)26/h5-13H,4H2,1-3H3,(H,27,28). The molecule has 2 aromatic carbocycles. The second-order valence-corrected chi connectivity index (χ2v) is 6.73. The Hall–Kier alpha value is -3.08. The quantitative estimate of drug-likeness (QED) is 0.538. The van der Waals surface area contributed by atoms with Crippen LogP contribution in [0.4, 0.5) is 18.9 Å². The van der Waals surface area contributed by atoms with Crippen LogP contribution in [-0.2, 0) is 6.18 Å². The van der Waals surface area contributed by atoms with Gasteiger partial charge in [0.2, 0.25) is 0 Å². The molecular formula is C23H21F3N2. The van der Waals surface area contributed by atoms with E-state index in [9.17, 15) is 13.2 Å². The van der Waals surface area contributed by atoms with Gasteiger partial charge in [0.25, 0.3) is 0 Å². The van der Waals surface area contributed by atoms with Crippen LogP contribution in [-0.4, -0.2) is 4.98 Å². The van der Waals surface area contributed by atoms with E-state index in [0.29, 0.717) is 17.1 Å². The van der Waals surface area contributed by atoms with E-state index in [4.69, 9.17) is 0 Å². The molecule has 0 atom stereocenters. The Labute approximate surface area is 162 Å². The average molecular weight is 382 g/mol. The molecule has 3 rings (SSSR count). The van der Waals surface area contributed by atoms with E-state index in [1.54, 1.807) is 19.1 Å². The number of nitrogens with zero attached hydrogens (tertiary/aromatic N) is 1. The van der Waals surface area contributed by atoms with Gasteiger partial charge >= 0.3 is 6.18 Å². The highest BCUT2D eigenvalue weighted by molar-refractivity contribution is 5.80. The molecule has 144 valence electrons. The number of benzene rings is 2. The fraction of sp³-hybridized carbons (Fsp3) is 0.174. The van der Waals surface area contributed by atoms with Gasteiger partial charge in [0.1, 0.15) is 0 Å². The number of hydrogen-bond donors (Lipinski definition) is 1. The minimum absolute atomic E-state index is 0.0580. The van der Waals surface area contributed by atoms with Gasteiger partial charge in [0.15, 0.2) is 0 Å². The Morgan fingerprint density at radius 3 is 2.29 bits per heavy atom. The molecule has 3 aromatic rings. The minimum atomic E-state index is -4.45. The molecular weight excluding hydrogens is 361 g/mol. The van der Waals surface area contributed by atoms with Gasteiger partial charge in [-0.25, -0.2) is 0 Å². The van der Waals surface area contributed by atoms with Crippen molar-refractivity contribution in [3.63, 3.8) is 0 Å². The summed E-state index contributed by atoms with van der Waals surface area (Å²) in [5.41, 5.74) is 4.54. The largest absolute Gasteiger partial charge is 0.417 e. The number of anilines is 1. The summed E-state index contributed by atoms with van der Waals surface area (Å²) in [6.45, 7) is 9.76. The van der Waals surface area contributed by atoms with Gasteiger partial charge in [-0.3, -0.25) is 4.98 Å². The van der Waals surface area contributed by atoms with Gasteiger partial charge in [-0.05, 0) is 44.0 Å². The SMILES string of the molecule is C=C(Nc1cc(-c2ccccc2C(F)(F)F)nc(C)c1C)c1ccccc1C. The number of hydrogen-bond acceptors (Lipinski definition) is 2. The van der Waals surface area contributed by atoms with Crippen molar-refractivity contribution in [2.24, 2.45) is 0 Å². The topological polar surface area (TPSA) is 24.9 Å². The van der Waals surface area contributed by atoms with Crippen LogP contribution >= 0.6 is 0 Å². The molecule has 0 aliphatic heterocycles. The van der Waals surface area contributed by atoms with Crippen molar-refractivity contribution >= 4 is 11.4 Å². The van der Waals surface area contributed by atoms with Gasteiger partial charge < -0.3 is 5.32 Å². The van der Waals surface area contributed by atoms with E-state index in [2.05, 4.69) is 16.9 Å². The number of aryl methyl sites for hydroxylation is 2. The molecule has 0 aliphatic rings. The first kappa shape index (κ1) is 19.7. The third-order valence-electron chi connectivity index (χ3n) is 4.78. The maximum absolute atomic E-state index is 13.4. The van der Waals surface area contributed by atoms with Gasteiger partial charge in [-0.2, -0.15) is 13.2 Å².